The first-order chi connectivity index (χ1) is 12.2. The highest BCUT2D eigenvalue weighted by atomic mass is 32.2. The largest absolute Gasteiger partial charge is 0.378 e. The zero-order valence-electron chi connectivity index (χ0n) is 15.1. The molecule has 0 saturated carbocycles. The number of thiophene rings is 1. The zero-order chi connectivity index (χ0) is 19.1. The summed E-state index contributed by atoms with van der Waals surface area (Å²) in [6.45, 7) is 6.73. The number of nitrogens with one attached hydrogen (secondary N) is 1. The van der Waals surface area contributed by atoms with Gasteiger partial charge < -0.3 is 11.1 Å². The van der Waals surface area contributed by atoms with Crippen LogP contribution in [0.5, 0.6) is 0 Å². The molecule has 6 nitrogen and oxygen atoms in total. The molecule has 8 heteroatoms. The molecule has 1 aromatic rings. The van der Waals surface area contributed by atoms with Crippen molar-refractivity contribution >= 4 is 45.1 Å². The van der Waals surface area contributed by atoms with Crippen molar-refractivity contribution < 1.29 is 9.59 Å². The maximum absolute atomic E-state index is 12.4. The van der Waals surface area contributed by atoms with Crippen molar-refractivity contribution in [1.82, 2.24) is 0 Å². The molecule has 0 radical (unpaired) electrons. The van der Waals surface area contributed by atoms with Gasteiger partial charge in [-0.2, -0.15) is 10.3 Å². The lowest BCUT2D eigenvalue weighted by Gasteiger charge is -2.33. The minimum absolute atomic E-state index is 0.00571. The van der Waals surface area contributed by atoms with Gasteiger partial charge in [0.25, 0.3) is 5.91 Å². The van der Waals surface area contributed by atoms with E-state index in [9.17, 15) is 14.9 Å². The van der Waals surface area contributed by atoms with Crippen LogP contribution in [0.3, 0.4) is 0 Å². The highest BCUT2D eigenvalue weighted by Crippen LogP contribution is 2.44. The second-order valence-corrected chi connectivity index (χ2v) is 10.1. The summed E-state index contributed by atoms with van der Waals surface area (Å²) in [7, 11) is 0. The van der Waals surface area contributed by atoms with Gasteiger partial charge in [-0.15, -0.1) is 11.3 Å². The molecule has 3 N–H and O–H groups in total. The summed E-state index contributed by atoms with van der Waals surface area (Å²) in [5.74, 6) is -0.0961. The second kappa shape index (κ2) is 7.05. The number of amidine groups is 1. The first-order valence-electron chi connectivity index (χ1n) is 8.58. The predicted molar refractivity (Wildman–Crippen MR) is 105 cm³/mol. The first kappa shape index (κ1) is 18.9. The minimum Gasteiger partial charge on any atom is -0.378 e. The Bertz CT molecular complexity index is 829. The van der Waals surface area contributed by atoms with Gasteiger partial charge in [-0.1, -0.05) is 32.5 Å². The van der Waals surface area contributed by atoms with Gasteiger partial charge in [-0.3, -0.25) is 9.59 Å². The number of hydrogen-bond donors (Lipinski definition) is 2. The third kappa shape index (κ3) is 3.79. The Balaban J connectivity index is 1.73. The van der Waals surface area contributed by atoms with Crippen LogP contribution in [0.4, 0.5) is 5.00 Å². The predicted octanol–water partition coefficient (Wildman–Crippen LogP) is 3.06. The molecule has 138 valence electrons. The van der Waals surface area contributed by atoms with Crippen molar-refractivity contribution in [1.29, 1.82) is 5.26 Å². The average molecular weight is 391 g/mol. The number of hydrogen-bond acceptors (Lipinski definition) is 6. The average Bonchev–Trinajstić information content (AvgIpc) is 3.04. The van der Waals surface area contributed by atoms with E-state index in [-0.39, 0.29) is 28.8 Å². The van der Waals surface area contributed by atoms with E-state index in [1.165, 1.54) is 16.2 Å². The molecule has 3 rings (SSSR count). The molecular weight excluding hydrogens is 368 g/mol. The molecule has 0 aromatic carbocycles. The second-order valence-electron chi connectivity index (χ2n) is 7.77. The molecule has 2 heterocycles. The molecule has 2 amide bonds. The summed E-state index contributed by atoms with van der Waals surface area (Å²) in [4.78, 5) is 28.9. The highest BCUT2D eigenvalue weighted by molar-refractivity contribution is 8.15. The van der Waals surface area contributed by atoms with Crippen molar-refractivity contribution in [3.63, 3.8) is 0 Å². The molecule has 0 spiro atoms. The van der Waals surface area contributed by atoms with Crippen molar-refractivity contribution in [3.8, 4) is 6.07 Å². The third-order valence-electron chi connectivity index (χ3n) is 4.98. The minimum atomic E-state index is -0.569. The fourth-order valence-electron chi connectivity index (χ4n) is 3.41. The molecule has 2 atom stereocenters. The summed E-state index contributed by atoms with van der Waals surface area (Å²) < 4.78 is 0. The Morgan fingerprint density at radius 1 is 1.46 bits per heavy atom. The Kier molecular flexibility index (Phi) is 5.13. The molecule has 0 saturated heterocycles. The molecule has 2 aliphatic rings. The van der Waals surface area contributed by atoms with Crippen LogP contribution in [-0.4, -0.2) is 22.2 Å². The summed E-state index contributed by atoms with van der Waals surface area (Å²) in [6, 6.07) is 2.25. The summed E-state index contributed by atoms with van der Waals surface area (Å²) in [5.41, 5.74) is 7.40. The normalized spacial score (nSPS) is 22.5. The van der Waals surface area contributed by atoms with Gasteiger partial charge in [0.2, 0.25) is 5.91 Å². The van der Waals surface area contributed by atoms with E-state index in [1.807, 2.05) is 0 Å². The van der Waals surface area contributed by atoms with E-state index in [2.05, 4.69) is 37.1 Å². The number of nitrogens with two attached hydrogens (primary N) is 1. The van der Waals surface area contributed by atoms with Crippen LogP contribution >= 0.6 is 23.1 Å². The van der Waals surface area contributed by atoms with E-state index in [1.54, 1.807) is 0 Å². The topological polar surface area (TPSA) is 108 Å². The Hall–Kier alpha value is -1.85. The number of amides is 2. The van der Waals surface area contributed by atoms with Gasteiger partial charge in [0, 0.05) is 11.3 Å². The van der Waals surface area contributed by atoms with Crippen LogP contribution < -0.4 is 11.1 Å². The smallest absolute Gasteiger partial charge is 0.262 e. The zero-order valence-corrected chi connectivity index (χ0v) is 16.7. The van der Waals surface area contributed by atoms with Crippen LogP contribution in [0.25, 0.3) is 0 Å². The Morgan fingerprint density at radius 2 is 2.19 bits per heavy atom. The van der Waals surface area contributed by atoms with Crippen LogP contribution in [0.2, 0.25) is 0 Å². The molecule has 1 aliphatic carbocycles. The summed E-state index contributed by atoms with van der Waals surface area (Å²) in [5, 5.41) is 12.6. The first-order valence-corrected chi connectivity index (χ1v) is 10.3. The molecular formula is C18H22N4O2S2. The standard InChI is InChI=1S/C18H22N4O2S2/c1-18(2,3)9-4-5-10-11(8-19)16(25-12(10)6-9)21-14(23)7-13-15(24)22-17(20)26-13/h9,13H,4-7H2,1-3H3,(H,21,23)(H2,20,22,24)/t9-,13-/m0/s1. The van der Waals surface area contributed by atoms with Gasteiger partial charge in [0.1, 0.15) is 16.3 Å². The van der Waals surface area contributed by atoms with E-state index in [4.69, 9.17) is 5.73 Å². The number of nitriles is 1. The summed E-state index contributed by atoms with van der Waals surface area (Å²) in [6.07, 6.45) is 2.87. The Morgan fingerprint density at radius 3 is 2.77 bits per heavy atom. The Labute approximate surface area is 161 Å². The lowest BCUT2D eigenvalue weighted by atomic mass is 9.72. The van der Waals surface area contributed by atoms with E-state index < -0.39 is 5.25 Å². The number of anilines is 1. The van der Waals surface area contributed by atoms with Gasteiger partial charge >= 0.3 is 0 Å². The number of aliphatic imine (C=N–C) groups is 1. The molecule has 1 aliphatic heterocycles. The van der Waals surface area contributed by atoms with Crippen molar-refractivity contribution in [3.05, 3.63) is 16.0 Å². The lowest BCUT2D eigenvalue weighted by Crippen LogP contribution is -2.26. The van der Waals surface area contributed by atoms with Crippen LogP contribution in [0.15, 0.2) is 4.99 Å². The van der Waals surface area contributed by atoms with Crippen molar-refractivity contribution in [2.45, 2.75) is 51.7 Å². The van der Waals surface area contributed by atoms with Gasteiger partial charge in [-0.25, -0.2) is 0 Å². The number of thioether (sulfide) groups is 1. The number of fused-ring (bicyclic) bond motifs is 1. The van der Waals surface area contributed by atoms with E-state index in [0.29, 0.717) is 16.5 Å². The molecule has 26 heavy (non-hydrogen) atoms. The van der Waals surface area contributed by atoms with Crippen molar-refractivity contribution in [2.75, 3.05) is 5.32 Å². The number of carbonyl (C=O) groups is 2. The maximum atomic E-state index is 12.4. The molecule has 0 unspecified atom stereocenters. The van der Waals surface area contributed by atoms with Gasteiger partial charge in [0.05, 0.1) is 5.56 Å². The molecule has 1 aromatic heterocycles. The summed E-state index contributed by atoms with van der Waals surface area (Å²) >= 11 is 2.60. The molecule has 0 bridgehead atoms. The number of rotatable bonds is 3. The van der Waals surface area contributed by atoms with Crippen LogP contribution in [-0.2, 0) is 22.4 Å². The molecule has 0 fully saturated rings. The highest BCUT2D eigenvalue weighted by Gasteiger charge is 2.33. The SMILES string of the molecule is CC(C)(C)[C@H]1CCc2c(sc(NC(=O)C[C@@H]3SC(N)=NC3=O)c2C#N)C1. The monoisotopic (exact) mass is 390 g/mol. The third-order valence-corrected chi connectivity index (χ3v) is 7.14. The fraction of sp³-hybridized carbons (Fsp3) is 0.556. The van der Waals surface area contributed by atoms with Gasteiger partial charge in [0.15, 0.2) is 5.17 Å². The van der Waals surface area contributed by atoms with E-state index >= 15 is 0 Å². The van der Waals surface area contributed by atoms with Gasteiger partial charge in [-0.05, 0) is 36.2 Å². The maximum Gasteiger partial charge on any atom is 0.262 e. The fourth-order valence-corrected chi connectivity index (χ4v) is 5.53. The quantitative estimate of drug-likeness (QED) is 0.824. The van der Waals surface area contributed by atoms with Crippen molar-refractivity contribution in [2.24, 2.45) is 22.1 Å². The van der Waals surface area contributed by atoms with Crippen LogP contribution in [0, 0.1) is 22.7 Å². The lowest BCUT2D eigenvalue weighted by molar-refractivity contribution is -0.121. The number of nitrogens with zero attached hydrogens (tertiary/aromatic N) is 2. The van der Waals surface area contributed by atoms with E-state index in [0.717, 1.165) is 36.6 Å². The number of carbonyl (C=O) groups excluding carboxylic acids is 2. The van der Waals surface area contributed by atoms with Crippen LogP contribution in [0.1, 0.15) is 49.6 Å².